The number of nitrogens with zero attached hydrogens (tertiary/aromatic N) is 4. The lowest BCUT2D eigenvalue weighted by Gasteiger charge is -2.24. The standard InChI is InChI=1S/C26H43N7O6/c1-6-9-10-11-12-32(5)16-22(34)19(13-23(35)36)30-25(37)21(8-3)33-15-18(7-2)29-24(26(33)38)28-14-20(31-39)17(4)27/h15,19,21,27,39H,6-14,16H2,1-5H3,(H,28,29)(H,30,37)(H,35,36)/p-1/b27-17?,31-20-. The molecule has 13 heteroatoms. The van der Waals surface area contributed by atoms with Crippen LogP contribution in [0.25, 0.3) is 0 Å². The molecule has 1 aromatic heterocycles. The van der Waals surface area contributed by atoms with E-state index in [9.17, 15) is 29.5 Å². The van der Waals surface area contributed by atoms with Crippen molar-refractivity contribution in [2.45, 2.75) is 84.7 Å². The molecule has 39 heavy (non-hydrogen) atoms. The monoisotopic (exact) mass is 548 g/mol. The van der Waals surface area contributed by atoms with E-state index in [1.54, 1.807) is 14.0 Å². The molecule has 1 amide bonds. The van der Waals surface area contributed by atoms with Crippen molar-refractivity contribution in [3.8, 4) is 0 Å². The number of aliphatic carboxylic acids is 1. The lowest BCUT2D eigenvalue weighted by Crippen LogP contribution is -2.49. The Labute approximate surface area is 229 Å². The van der Waals surface area contributed by atoms with E-state index >= 15 is 0 Å². The molecule has 4 N–H and O–H groups in total. The quantitative estimate of drug-likeness (QED) is 0.114. The summed E-state index contributed by atoms with van der Waals surface area (Å²) in [4.78, 5) is 57.0. The van der Waals surface area contributed by atoms with Crippen LogP contribution in [0.5, 0.6) is 0 Å². The third-order valence-electron chi connectivity index (χ3n) is 6.24. The van der Waals surface area contributed by atoms with Crippen LogP contribution in [0.2, 0.25) is 0 Å². The van der Waals surface area contributed by atoms with E-state index in [0.29, 0.717) is 18.7 Å². The lowest BCUT2D eigenvalue weighted by molar-refractivity contribution is -0.140. The number of aryl methyl sites for hydroxylation is 1. The predicted molar refractivity (Wildman–Crippen MR) is 151 cm³/mol. The van der Waals surface area contributed by atoms with Crippen LogP contribution < -0.4 is 16.2 Å². The van der Waals surface area contributed by atoms with Gasteiger partial charge in [0.25, 0.3) is 5.56 Å². The van der Waals surface area contributed by atoms with Crippen LogP contribution in [0.3, 0.4) is 0 Å². The molecule has 218 valence electrons. The van der Waals surface area contributed by atoms with Gasteiger partial charge in [0.15, 0.2) is 11.6 Å². The summed E-state index contributed by atoms with van der Waals surface area (Å²) in [6, 6.07) is -2.30. The Morgan fingerprint density at radius 1 is 1.23 bits per heavy atom. The molecule has 1 heterocycles. The number of anilines is 1. The summed E-state index contributed by atoms with van der Waals surface area (Å²) in [7, 11) is 1.78. The van der Waals surface area contributed by atoms with E-state index < -0.39 is 41.7 Å². The maximum Gasteiger partial charge on any atom is 0.305 e. The Morgan fingerprint density at radius 2 is 1.92 bits per heavy atom. The average Bonchev–Trinajstić information content (AvgIpc) is 2.88. The van der Waals surface area contributed by atoms with Gasteiger partial charge in [0, 0.05) is 6.20 Å². The molecule has 0 spiro atoms. The SMILES string of the molecule is CCCCCCN(C)CC(=O)C(CC(=O)O)NC(=O)C(CC)n1cc(CC)nc(NC/C(=N/[O-])C(C)=N)c1=O. The largest absolute Gasteiger partial charge is 0.792 e. The number of likely N-dealkylation sites (N-methyl/N-ethyl adjacent to an activating group) is 1. The van der Waals surface area contributed by atoms with E-state index in [0.717, 1.165) is 25.7 Å². The van der Waals surface area contributed by atoms with Crippen molar-refractivity contribution in [3.63, 3.8) is 0 Å². The topological polar surface area (TPSA) is 193 Å². The minimum Gasteiger partial charge on any atom is -0.792 e. The molecule has 0 aliphatic rings. The van der Waals surface area contributed by atoms with Crippen LogP contribution in [0.1, 0.15) is 78.0 Å². The summed E-state index contributed by atoms with van der Waals surface area (Å²) >= 11 is 0. The van der Waals surface area contributed by atoms with Crippen LogP contribution in [0, 0.1) is 10.6 Å². The highest BCUT2D eigenvalue weighted by molar-refractivity contribution is 6.41. The van der Waals surface area contributed by atoms with Crippen LogP contribution in [-0.4, -0.2) is 81.4 Å². The highest BCUT2D eigenvalue weighted by Crippen LogP contribution is 2.13. The number of carbonyl (C=O) groups is 3. The fraction of sp³-hybridized carbons (Fsp3) is 0.654. The zero-order valence-corrected chi connectivity index (χ0v) is 23.6. The molecule has 0 bridgehead atoms. The van der Waals surface area contributed by atoms with Crippen molar-refractivity contribution in [3.05, 3.63) is 27.5 Å². The number of rotatable bonds is 19. The molecule has 2 atom stereocenters. The smallest absolute Gasteiger partial charge is 0.305 e. The van der Waals surface area contributed by atoms with Gasteiger partial charge in [-0.05, 0) is 39.8 Å². The number of Topliss-reactive ketones (excluding diaryl/α,β-unsaturated/α-hetero) is 1. The van der Waals surface area contributed by atoms with Gasteiger partial charge >= 0.3 is 5.97 Å². The van der Waals surface area contributed by atoms with Crippen LogP contribution in [0.15, 0.2) is 16.1 Å². The highest BCUT2D eigenvalue weighted by atomic mass is 16.4. The number of hydrogen-bond donors (Lipinski definition) is 4. The number of carboxylic acids is 1. The van der Waals surface area contributed by atoms with Gasteiger partial charge < -0.3 is 31.5 Å². The molecule has 0 saturated carbocycles. The first-order valence-corrected chi connectivity index (χ1v) is 13.3. The average molecular weight is 549 g/mol. The van der Waals surface area contributed by atoms with Gasteiger partial charge in [0.05, 0.1) is 42.7 Å². The summed E-state index contributed by atoms with van der Waals surface area (Å²) in [5.74, 6) is -2.44. The van der Waals surface area contributed by atoms with Crippen LogP contribution in [0.4, 0.5) is 5.82 Å². The van der Waals surface area contributed by atoms with Gasteiger partial charge in [-0.25, -0.2) is 4.98 Å². The van der Waals surface area contributed by atoms with Crippen LogP contribution >= 0.6 is 0 Å². The maximum atomic E-state index is 13.3. The number of unbranched alkanes of at least 4 members (excludes halogenated alkanes) is 3. The van der Waals surface area contributed by atoms with Crippen molar-refractivity contribution in [1.82, 2.24) is 19.8 Å². The Balaban J connectivity index is 3.16. The number of amides is 1. The number of carbonyl (C=O) groups excluding carboxylic acids is 2. The minimum absolute atomic E-state index is 0.0135. The number of nitrogens with one attached hydrogen (secondary N) is 3. The predicted octanol–water partition coefficient (Wildman–Crippen LogP) is 2.19. The molecule has 0 aliphatic heterocycles. The molecule has 2 unspecified atom stereocenters. The Hall–Kier alpha value is -3.61. The van der Waals surface area contributed by atoms with Gasteiger partial charge in [-0.1, -0.05) is 40.0 Å². The molecule has 0 radical (unpaired) electrons. The highest BCUT2D eigenvalue weighted by Gasteiger charge is 2.29. The molecule has 13 nitrogen and oxygen atoms in total. The number of ketones is 1. The number of carboxylic acid groups (broad SMARTS) is 1. The van der Waals surface area contributed by atoms with Gasteiger partial charge in [-0.3, -0.25) is 28.6 Å². The van der Waals surface area contributed by atoms with E-state index in [1.165, 1.54) is 17.7 Å². The maximum absolute atomic E-state index is 13.3. The molecule has 0 aromatic carbocycles. The zero-order valence-electron chi connectivity index (χ0n) is 23.6. The molecular weight excluding hydrogens is 506 g/mol. The van der Waals surface area contributed by atoms with Crippen molar-refractivity contribution >= 4 is 34.9 Å². The van der Waals surface area contributed by atoms with E-state index in [2.05, 4.69) is 27.7 Å². The van der Waals surface area contributed by atoms with Crippen LogP contribution in [-0.2, 0) is 20.8 Å². The van der Waals surface area contributed by atoms with E-state index in [-0.39, 0.29) is 36.8 Å². The lowest BCUT2D eigenvalue weighted by atomic mass is 10.1. The van der Waals surface area contributed by atoms with Crippen molar-refractivity contribution in [2.75, 3.05) is 32.0 Å². The summed E-state index contributed by atoms with van der Waals surface area (Å²) in [6.07, 6.45) is 5.61. The van der Waals surface area contributed by atoms with Crippen molar-refractivity contribution in [2.24, 2.45) is 5.16 Å². The normalized spacial score (nSPS) is 13.1. The van der Waals surface area contributed by atoms with Crippen molar-refractivity contribution in [1.29, 1.82) is 5.41 Å². The second-order valence-corrected chi connectivity index (χ2v) is 9.51. The first-order valence-electron chi connectivity index (χ1n) is 13.3. The molecule has 0 fully saturated rings. The molecule has 1 aromatic rings. The summed E-state index contributed by atoms with van der Waals surface area (Å²) in [5, 5.41) is 36.0. The first-order chi connectivity index (χ1) is 18.5. The summed E-state index contributed by atoms with van der Waals surface area (Å²) < 4.78 is 1.19. The third kappa shape index (κ3) is 11.0. The summed E-state index contributed by atoms with van der Waals surface area (Å²) in [5.41, 5.74) is -0.316. The second-order valence-electron chi connectivity index (χ2n) is 9.51. The van der Waals surface area contributed by atoms with E-state index in [4.69, 9.17) is 5.41 Å². The van der Waals surface area contributed by atoms with Gasteiger partial charge in [0.2, 0.25) is 5.91 Å². The fourth-order valence-corrected chi connectivity index (χ4v) is 3.94. The molecular formula is C26H42N7O6-. The van der Waals surface area contributed by atoms with Crippen molar-refractivity contribution < 1.29 is 19.5 Å². The molecule has 0 aliphatic carbocycles. The Kier molecular flexibility index (Phi) is 14.6. The van der Waals surface area contributed by atoms with Gasteiger partial charge in [0.1, 0.15) is 6.04 Å². The number of aromatic nitrogens is 2. The molecule has 1 rings (SSSR count). The fourth-order valence-electron chi connectivity index (χ4n) is 3.94. The van der Waals surface area contributed by atoms with Gasteiger partial charge in [-0.15, -0.1) is 0 Å². The Morgan fingerprint density at radius 3 is 2.46 bits per heavy atom. The number of hydrogen-bond acceptors (Lipinski definition) is 10. The second kappa shape index (κ2) is 17.1. The third-order valence-corrected chi connectivity index (χ3v) is 6.24. The summed E-state index contributed by atoms with van der Waals surface area (Å²) in [6.45, 7) is 7.47. The van der Waals surface area contributed by atoms with Gasteiger partial charge in [-0.2, -0.15) is 0 Å². The molecule has 0 saturated heterocycles. The first kappa shape index (κ1) is 33.4. The zero-order chi connectivity index (χ0) is 29.5. The minimum atomic E-state index is -1.26. The van der Waals surface area contributed by atoms with E-state index in [1.807, 2.05) is 11.8 Å². The Bertz CT molecular complexity index is 1090.